The van der Waals surface area contributed by atoms with E-state index in [0.717, 1.165) is 28.0 Å². The van der Waals surface area contributed by atoms with Crippen LogP contribution in [0.1, 0.15) is 56.1 Å². The number of amides is 1. The topological polar surface area (TPSA) is 115 Å². The van der Waals surface area contributed by atoms with Crippen molar-refractivity contribution in [2.75, 3.05) is 18.6 Å². The smallest absolute Gasteiger partial charge is 0.350 e. The average molecular weight is 613 g/mol. The highest BCUT2D eigenvalue weighted by molar-refractivity contribution is 7.17. The first-order chi connectivity index (χ1) is 21.1. The van der Waals surface area contributed by atoms with Gasteiger partial charge in [-0.15, -0.1) is 0 Å². The summed E-state index contributed by atoms with van der Waals surface area (Å²) in [5.74, 6) is -1.80. The first kappa shape index (κ1) is 30.5. The maximum Gasteiger partial charge on any atom is 0.350 e. The molecule has 1 aliphatic heterocycles. The number of ketones is 1. The average Bonchev–Trinajstić information content (AvgIpc) is 3.53. The molecule has 3 aromatic carbocycles. The van der Waals surface area contributed by atoms with Crippen molar-refractivity contribution in [1.82, 2.24) is 4.98 Å². The summed E-state index contributed by atoms with van der Waals surface area (Å²) in [7, 11) is 1.50. The molecule has 4 aromatic rings. The number of ether oxygens (including phenoxy) is 3. The zero-order chi connectivity index (χ0) is 31.5. The Morgan fingerprint density at radius 1 is 1.00 bits per heavy atom. The van der Waals surface area contributed by atoms with Crippen molar-refractivity contribution in [1.29, 1.82) is 0 Å². The fraction of sp³-hybridized carbons (Fsp3) is 0.235. The van der Waals surface area contributed by atoms with Crippen LogP contribution in [-0.2, 0) is 20.9 Å². The Labute approximate surface area is 259 Å². The molecule has 0 spiro atoms. The third-order valence-electron chi connectivity index (χ3n) is 7.29. The SMILES string of the molecule is CCOC(=O)c1sc(N2C(=O)C(=O)/C(=C(/O)c3cc(C)ccc3C)C2c2ccc(OCc3ccccc3)c(OC)c2)nc1C. The maximum absolute atomic E-state index is 13.7. The van der Waals surface area contributed by atoms with Gasteiger partial charge in [-0.25, -0.2) is 9.78 Å². The zero-order valence-corrected chi connectivity index (χ0v) is 25.9. The van der Waals surface area contributed by atoms with E-state index in [0.29, 0.717) is 34.9 Å². The molecule has 1 amide bonds. The van der Waals surface area contributed by atoms with E-state index in [1.807, 2.05) is 56.3 Å². The van der Waals surface area contributed by atoms with E-state index in [-0.39, 0.29) is 27.9 Å². The third kappa shape index (κ3) is 5.80. The number of Topliss-reactive ketones (excluding diaryl/α,β-unsaturated/α-hetero) is 1. The van der Waals surface area contributed by atoms with E-state index in [1.165, 1.54) is 12.0 Å². The quantitative estimate of drug-likeness (QED) is 0.0992. The van der Waals surface area contributed by atoms with Crippen LogP contribution in [0.4, 0.5) is 5.13 Å². The van der Waals surface area contributed by atoms with Crippen LogP contribution in [0.3, 0.4) is 0 Å². The Morgan fingerprint density at radius 2 is 1.75 bits per heavy atom. The number of hydrogen-bond acceptors (Lipinski definition) is 9. The second kappa shape index (κ2) is 12.7. The summed E-state index contributed by atoms with van der Waals surface area (Å²) in [6, 6.07) is 19.2. The van der Waals surface area contributed by atoms with Crippen LogP contribution < -0.4 is 14.4 Å². The van der Waals surface area contributed by atoms with Gasteiger partial charge in [-0.2, -0.15) is 0 Å². The largest absolute Gasteiger partial charge is 0.507 e. The number of carbonyl (C=O) groups is 3. The van der Waals surface area contributed by atoms with Crippen molar-refractivity contribution in [2.24, 2.45) is 0 Å². The molecule has 1 saturated heterocycles. The number of esters is 1. The minimum atomic E-state index is -1.08. The van der Waals surface area contributed by atoms with E-state index in [2.05, 4.69) is 4.98 Å². The van der Waals surface area contributed by atoms with E-state index in [4.69, 9.17) is 14.2 Å². The zero-order valence-electron chi connectivity index (χ0n) is 25.0. The van der Waals surface area contributed by atoms with Crippen molar-refractivity contribution >= 4 is 39.9 Å². The van der Waals surface area contributed by atoms with Gasteiger partial charge in [0, 0.05) is 5.56 Å². The minimum Gasteiger partial charge on any atom is -0.507 e. The predicted molar refractivity (Wildman–Crippen MR) is 167 cm³/mol. The molecule has 10 heteroatoms. The number of aliphatic hydroxyl groups excluding tert-OH is 1. The van der Waals surface area contributed by atoms with Crippen molar-refractivity contribution in [3.8, 4) is 11.5 Å². The lowest BCUT2D eigenvalue weighted by Crippen LogP contribution is -2.29. The van der Waals surface area contributed by atoms with Crippen molar-refractivity contribution in [3.05, 3.63) is 111 Å². The minimum absolute atomic E-state index is 0.103. The predicted octanol–water partition coefficient (Wildman–Crippen LogP) is 6.46. The second-order valence-corrected chi connectivity index (χ2v) is 11.3. The van der Waals surface area contributed by atoms with Crippen LogP contribution in [0.25, 0.3) is 5.76 Å². The Kier molecular flexibility index (Phi) is 8.82. The highest BCUT2D eigenvalue weighted by Gasteiger charge is 2.49. The lowest BCUT2D eigenvalue weighted by Gasteiger charge is -2.24. The molecule has 0 aliphatic carbocycles. The van der Waals surface area contributed by atoms with Gasteiger partial charge in [-0.05, 0) is 62.6 Å². The molecule has 1 unspecified atom stereocenters. The molecule has 2 heterocycles. The fourth-order valence-electron chi connectivity index (χ4n) is 5.06. The summed E-state index contributed by atoms with van der Waals surface area (Å²) in [4.78, 5) is 46.0. The van der Waals surface area contributed by atoms with E-state index >= 15 is 0 Å². The van der Waals surface area contributed by atoms with Crippen LogP contribution >= 0.6 is 11.3 Å². The number of aromatic nitrogens is 1. The molecular weight excluding hydrogens is 580 g/mol. The molecule has 0 radical (unpaired) electrons. The van der Waals surface area contributed by atoms with Crippen molar-refractivity contribution in [3.63, 3.8) is 0 Å². The number of nitrogens with zero attached hydrogens (tertiary/aromatic N) is 2. The van der Waals surface area contributed by atoms with Crippen LogP contribution in [0, 0.1) is 20.8 Å². The van der Waals surface area contributed by atoms with Crippen molar-refractivity contribution in [2.45, 2.75) is 40.3 Å². The number of anilines is 1. The Balaban J connectivity index is 1.65. The molecule has 1 aliphatic rings. The second-order valence-electron chi connectivity index (χ2n) is 10.3. The normalized spacial score (nSPS) is 15.8. The molecule has 5 rings (SSSR count). The van der Waals surface area contributed by atoms with E-state index in [1.54, 1.807) is 38.1 Å². The number of hydrogen-bond donors (Lipinski definition) is 1. The number of aliphatic hydroxyl groups is 1. The Bertz CT molecular complexity index is 1780. The van der Waals surface area contributed by atoms with Gasteiger partial charge in [0.1, 0.15) is 17.2 Å². The molecule has 226 valence electrons. The number of thiazole rings is 1. The van der Waals surface area contributed by atoms with Gasteiger partial charge in [0.2, 0.25) is 0 Å². The first-order valence-corrected chi connectivity index (χ1v) is 14.8. The molecular formula is C34H32N2O7S. The van der Waals surface area contributed by atoms with Gasteiger partial charge >= 0.3 is 11.9 Å². The van der Waals surface area contributed by atoms with Crippen molar-refractivity contribution < 1.29 is 33.7 Å². The van der Waals surface area contributed by atoms with E-state index in [9.17, 15) is 19.5 Å². The molecule has 44 heavy (non-hydrogen) atoms. The van der Waals surface area contributed by atoms with Gasteiger partial charge in [-0.3, -0.25) is 14.5 Å². The Hall–Kier alpha value is -4.96. The summed E-state index contributed by atoms with van der Waals surface area (Å²) >= 11 is 0.950. The van der Waals surface area contributed by atoms with Crippen LogP contribution in [0.5, 0.6) is 11.5 Å². The summed E-state index contributed by atoms with van der Waals surface area (Å²) in [6.07, 6.45) is 0. The molecule has 1 atom stereocenters. The Morgan fingerprint density at radius 3 is 2.45 bits per heavy atom. The fourth-order valence-corrected chi connectivity index (χ4v) is 6.05. The maximum atomic E-state index is 13.7. The summed E-state index contributed by atoms with van der Waals surface area (Å²) < 4.78 is 16.9. The summed E-state index contributed by atoms with van der Waals surface area (Å²) in [5, 5.41) is 11.8. The summed E-state index contributed by atoms with van der Waals surface area (Å²) in [6.45, 7) is 7.50. The van der Waals surface area contributed by atoms with Crippen LogP contribution in [0.15, 0.2) is 72.3 Å². The first-order valence-electron chi connectivity index (χ1n) is 14.0. The number of rotatable bonds is 9. The number of carbonyl (C=O) groups excluding carboxylic acids is 3. The standard InChI is InChI=1S/C34H32N2O7S/c1-6-42-33(40)31-21(4)35-34(44-31)36-28(27(30(38)32(36)39)29(37)24-16-19(2)12-13-20(24)3)23-14-15-25(26(17-23)41-5)43-18-22-10-8-7-9-11-22/h7-17,28,37H,6,18H2,1-5H3/b29-27+. The van der Waals surface area contributed by atoms with Gasteiger partial charge in [0.25, 0.3) is 5.78 Å². The van der Waals surface area contributed by atoms with Crippen LogP contribution in [0.2, 0.25) is 0 Å². The molecule has 1 fully saturated rings. The molecule has 0 bridgehead atoms. The van der Waals surface area contributed by atoms with Crippen LogP contribution in [-0.4, -0.2) is 41.5 Å². The molecule has 1 N–H and O–H groups in total. The number of aryl methyl sites for hydroxylation is 3. The monoisotopic (exact) mass is 612 g/mol. The van der Waals surface area contributed by atoms with Gasteiger partial charge in [0.15, 0.2) is 16.6 Å². The number of methoxy groups -OCH3 is 1. The van der Waals surface area contributed by atoms with Gasteiger partial charge < -0.3 is 19.3 Å². The lowest BCUT2D eigenvalue weighted by atomic mass is 9.93. The van der Waals surface area contributed by atoms with Gasteiger partial charge in [-0.1, -0.05) is 65.4 Å². The lowest BCUT2D eigenvalue weighted by molar-refractivity contribution is -0.132. The molecule has 0 saturated carbocycles. The third-order valence-corrected chi connectivity index (χ3v) is 8.42. The molecule has 1 aromatic heterocycles. The molecule has 9 nitrogen and oxygen atoms in total. The summed E-state index contributed by atoms with van der Waals surface area (Å²) in [5.41, 5.74) is 3.75. The highest BCUT2D eigenvalue weighted by Crippen LogP contribution is 2.46. The van der Waals surface area contributed by atoms with Gasteiger partial charge in [0.05, 0.1) is 31.0 Å². The van der Waals surface area contributed by atoms with E-state index < -0.39 is 23.7 Å². The number of benzene rings is 3. The highest BCUT2D eigenvalue weighted by atomic mass is 32.1.